The molecular formula is C11H23NO3S. The van der Waals surface area contributed by atoms with E-state index in [2.05, 4.69) is 5.32 Å². The van der Waals surface area contributed by atoms with Gasteiger partial charge in [-0.1, -0.05) is 19.8 Å². The van der Waals surface area contributed by atoms with E-state index in [1.54, 1.807) is 6.92 Å². The van der Waals surface area contributed by atoms with Gasteiger partial charge in [0.25, 0.3) is 0 Å². The molecular weight excluding hydrogens is 226 g/mol. The van der Waals surface area contributed by atoms with Gasteiger partial charge in [0.2, 0.25) is 0 Å². The molecule has 1 rings (SSSR count). The average Bonchev–Trinajstić information content (AvgIpc) is 2.65. The minimum absolute atomic E-state index is 0.219. The second-order valence-electron chi connectivity index (χ2n) is 4.70. The molecule has 0 aliphatic heterocycles. The highest BCUT2D eigenvalue weighted by molar-refractivity contribution is 7.91. The largest absolute Gasteiger partial charge is 0.389 e. The van der Waals surface area contributed by atoms with Gasteiger partial charge in [0.15, 0.2) is 0 Å². The summed E-state index contributed by atoms with van der Waals surface area (Å²) in [6.45, 7) is 2.94. The van der Waals surface area contributed by atoms with Gasteiger partial charge in [-0.3, -0.25) is 0 Å². The number of sulfone groups is 1. The molecule has 1 fully saturated rings. The summed E-state index contributed by atoms with van der Waals surface area (Å²) in [5, 5.41) is 13.2. The highest BCUT2D eigenvalue weighted by atomic mass is 32.2. The summed E-state index contributed by atoms with van der Waals surface area (Å²) < 4.78 is 22.4. The molecule has 0 radical (unpaired) electrons. The number of rotatable bonds is 7. The van der Waals surface area contributed by atoms with Crippen LogP contribution in [-0.2, 0) is 9.84 Å². The second kappa shape index (κ2) is 5.98. The first-order valence-electron chi connectivity index (χ1n) is 6.11. The van der Waals surface area contributed by atoms with Gasteiger partial charge in [0.05, 0.1) is 11.4 Å². The normalized spacial score (nSPS) is 20.1. The molecule has 0 aromatic carbocycles. The molecule has 0 spiro atoms. The third-order valence-corrected chi connectivity index (χ3v) is 5.03. The van der Waals surface area contributed by atoms with E-state index in [9.17, 15) is 13.5 Å². The van der Waals surface area contributed by atoms with Crippen LogP contribution in [0.15, 0.2) is 0 Å². The zero-order chi connectivity index (χ0) is 12.1. The first-order valence-corrected chi connectivity index (χ1v) is 7.93. The topological polar surface area (TPSA) is 66.4 Å². The van der Waals surface area contributed by atoms with Crippen molar-refractivity contribution in [1.82, 2.24) is 5.32 Å². The maximum absolute atomic E-state index is 11.2. The van der Waals surface area contributed by atoms with Gasteiger partial charge in [-0.25, -0.2) is 8.42 Å². The van der Waals surface area contributed by atoms with Crippen molar-refractivity contribution in [3.8, 4) is 0 Å². The highest BCUT2D eigenvalue weighted by Crippen LogP contribution is 2.28. The Hall–Kier alpha value is -0.130. The van der Waals surface area contributed by atoms with E-state index < -0.39 is 15.4 Å². The third-order valence-electron chi connectivity index (χ3n) is 3.24. The van der Waals surface area contributed by atoms with Crippen LogP contribution < -0.4 is 5.32 Å². The number of hydrogen-bond donors (Lipinski definition) is 2. The summed E-state index contributed by atoms with van der Waals surface area (Å²) in [6, 6.07) is 0. The van der Waals surface area contributed by atoms with Crippen LogP contribution in [0.5, 0.6) is 0 Å². The predicted octanol–water partition coefficient (Wildman–Crippen LogP) is 0.706. The quantitative estimate of drug-likeness (QED) is 0.652. The summed E-state index contributed by atoms with van der Waals surface area (Å²) in [6.07, 6.45) is 4.57. The molecule has 0 atom stereocenters. The van der Waals surface area contributed by atoms with Crippen molar-refractivity contribution in [2.75, 3.05) is 24.6 Å². The predicted molar refractivity (Wildman–Crippen MR) is 65.2 cm³/mol. The molecule has 0 aromatic heterocycles. The van der Waals surface area contributed by atoms with Crippen molar-refractivity contribution >= 4 is 9.84 Å². The Morgan fingerprint density at radius 2 is 1.94 bits per heavy atom. The molecule has 96 valence electrons. The molecule has 4 nitrogen and oxygen atoms in total. The van der Waals surface area contributed by atoms with Crippen LogP contribution >= 0.6 is 0 Å². The van der Waals surface area contributed by atoms with Crippen molar-refractivity contribution in [1.29, 1.82) is 0 Å². The molecule has 0 saturated heterocycles. The van der Waals surface area contributed by atoms with E-state index in [0.29, 0.717) is 19.5 Å². The molecule has 0 heterocycles. The summed E-state index contributed by atoms with van der Waals surface area (Å²) in [4.78, 5) is 0. The number of aliphatic hydroxyl groups is 1. The van der Waals surface area contributed by atoms with E-state index >= 15 is 0 Å². The van der Waals surface area contributed by atoms with Crippen molar-refractivity contribution in [2.24, 2.45) is 0 Å². The molecule has 1 aliphatic carbocycles. The van der Waals surface area contributed by atoms with E-state index in [1.807, 2.05) is 0 Å². The fourth-order valence-corrected chi connectivity index (χ4v) is 2.97. The van der Waals surface area contributed by atoms with Crippen LogP contribution in [0.25, 0.3) is 0 Å². The van der Waals surface area contributed by atoms with Crippen molar-refractivity contribution in [2.45, 2.75) is 44.6 Å². The number of nitrogens with one attached hydrogen (secondary N) is 1. The van der Waals surface area contributed by atoms with Crippen molar-refractivity contribution in [3.05, 3.63) is 0 Å². The van der Waals surface area contributed by atoms with E-state index in [4.69, 9.17) is 0 Å². The standard InChI is InChI=1S/C11H23NO3S/c1-2-16(14,15)9-5-8-12-10-11(13)6-3-4-7-11/h12-13H,2-10H2,1H3. The minimum Gasteiger partial charge on any atom is -0.389 e. The van der Waals surface area contributed by atoms with Crippen LogP contribution in [0.4, 0.5) is 0 Å². The summed E-state index contributed by atoms with van der Waals surface area (Å²) in [5.74, 6) is 0.464. The molecule has 0 aromatic rings. The molecule has 0 unspecified atom stereocenters. The van der Waals surface area contributed by atoms with E-state index in [-0.39, 0.29) is 11.5 Å². The van der Waals surface area contributed by atoms with Crippen molar-refractivity contribution < 1.29 is 13.5 Å². The summed E-state index contributed by atoms with van der Waals surface area (Å²) >= 11 is 0. The van der Waals surface area contributed by atoms with E-state index in [1.165, 1.54) is 0 Å². The molecule has 2 N–H and O–H groups in total. The Labute approximate surface area is 98.4 Å². The lowest BCUT2D eigenvalue weighted by Gasteiger charge is -2.22. The molecule has 0 bridgehead atoms. The molecule has 1 aliphatic rings. The molecule has 16 heavy (non-hydrogen) atoms. The Bertz CT molecular complexity index is 294. The number of hydrogen-bond acceptors (Lipinski definition) is 4. The summed E-state index contributed by atoms with van der Waals surface area (Å²) in [7, 11) is -2.84. The van der Waals surface area contributed by atoms with Crippen LogP contribution in [0.3, 0.4) is 0 Å². The zero-order valence-corrected chi connectivity index (χ0v) is 10.9. The maximum Gasteiger partial charge on any atom is 0.150 e. The Kier molecular flexibility index (Phi) is 5.21. The van der Waals surface area contributed by atoms with Crippen LogP contribution in [0.2, 0.25) is 0 Å². The van der Waals surface area contributed by atoms with Gasteiger partial charge in [-0.15, -0.1) is 0 Å². The van der Waals surface area contributed by atoms with E-state index in [0.717, 1.165) is 25.7 Å². The average molecular weight is 249 g/mol. The van der Waals surface area contributed by atoms with Crippen LogP contribution in [0.1, 0.15) is 39.0 Å². The van der Waals surface area contributed by atoms with Gasteiger partial charge in [-0.2, -0.15) is 0 Å². The van der Waals surface area contributed by atoms with Gasteiger partial charge in [-0.05, 0) is 25.8 Å². The van der Waals surface area contributed by atoms with Gasteiger partial charge >= 0.3 is 0 Å². The van der Waals surface area contributed by atoms with Crippen LogP contribution in [-0.4, -0.2) is 43.7 Å². The Morgan fingerprint density at radius 1 is 1.31 bits per heavy atom. The monoisotopic (exact) mass is 249 g/mol. The maximum atomic E-state index is 11.2. The van der Waals surface area contributed by atoms with Crippen molar-refractivity contribution in [3.63, 3.8) is 0 Å². The third kappa shape index (κ3) is 4.80. The zero-order valence-electron chi connectivity index (χ0n) is 10.0. The SMILES string of the molecule is CCS(=O)(=O)CCCNCC1(O)CCCC1. The minimum atomic E-state index is -2.84. The van der Waals surface area contributed by atoms with Crippen LogP contribution in [0, 0.1) is 0 Å². The fraction of sp³-hybridized carbons (Fsp3) is 1.00. The lowest BCUT2D eigenvalue weighted by molar-refractivity contribution is 0.0480. The van der Waals surface area contributed by atoms with Gasteiger partial charge in [0, 0.05) is 12.3 Å². The molecule has 1 saturated carbocycles. The second-order valence-corrected chi connectivity index (χ2v) is 7.17. The Balaban J connectivity index is 2.08. The smallest absolute Gasteiger partial charge is 0.150 e. The first-order chi connectivity index (χ1) is 7.47. The highest BCUT2D eigenvalue weighted by Gasteiger charge is 2.30. The lowest BCUT2D eigenvalue weighted by atomic mass is 10.0. The molecule has 0 amide bonds. The fourth-order valence-electron chi connectivity index (χ4n) is 2.09. The van der Waals surface area contributed by atoms with Gasteiger partial charge in [0.1, 0.15) is 9.84 Å². The first kappa shape index (κ1) is 13.9. The lowest BCUT2D eigenvalue weighted by Crippen LogP contribution is -2.38. The Morgan fingerprint density at radius 3 is 2.50 bits per heavy atom. The summed E-state index contributed by atoms with van der Waals surface area (Å²) in [5.41, 5.74) is -0.538. The molecule has 5 heteroatoms. The van der Waals surface area contributed by atoms with Gasteiger partial charge < -0.3 is 10.4 Å².